The molecule has 0 spiro atoms. The SMILES string of the molecule is N#Cc1ccc(NC(=O)CCN2CCCC(C(=O)Nc3nccs3)C2)cc1Cl. The van der Waals surface area contributed by atoms with Crippen molar-refractivity contribution in [2.75, 3.05) is 30.3 Å². The first-order valence-corrected chi connectivity index (χ1v) is 10.2. The minimum Gasteiger partial charge on any atom is -0.326 e. The second-order valence-corrected chi connectivity index (χ2v) is 7.87. The summed E-state index contributed by atoms with van der Waals surface area (Å²) in [5, 5.41) is 17.3. The van der Waals surface area contributed by atoms with E-state index in [9.17, 15) is 9.59 Å². The molecule has 2 amide bonds. The highest BCUT2D eigenvalue weighted by atomic mass is 35.5. The van der Waals surface area contributed by atoms with Crippen LogP contribution in [0.4, 0.5) is 10.8 Å². The van der Waals surface area contributed by atoms with E-state index in [1.807, 2.05) is 11.4 Å². The van der Waals surface area contributed by atoms with Crippen molar-refractivity contribution < 1.29 is 9.59 Å². The van der Waals surface area contributed by atoms with Crippen molar-refractivity contribution in [2.45, 2.75) is 19.3 Å². The molecule has 1 aromatic carbocycles. The third-order valence-corrected chi connectivity index (χ3v) is 5.57. The fourth-order valence-electron chi connectivity index (χ4n) is 3.13. The van der Waals surface area contributed by atoms with Gasteiger partial charge in [-0.3, -0.25) is 9.59 Å². The van der Waals surface area contributed by atoms with Crippen LogP contribution in [0.1, 0.15) is 24.8 Å². The molecule has 1 aliphatic rings. The van der Waals surface area contributed by atoms with Crippen molar-refractivity contribution in [1.82, 2.24) is 9.88 Å². The summed E-state index contributed by atoms with van der Waals surface area (Å²) in [7, 11) is 0. The first-order valence-electron chi connectivity index (χ1n) is 8.97. The second kappa shape index (κ2) is 9.64. The average molecular weight is 418 g/mol. The highest BCUT2D eigenvalue weighted by Gasteiger charge is 2.26. The number of nitrogens with one attached hydrogen (secondary N) is 2. The van der Waals surface area contributed by atoms with Crippen LogP contribution in [0.5, 0.6) is 0 Å². The lowest BCUT2D eigenvalue weighted by atomic mass is 9.97. The molecular formula is C19H20ClN5O2S. The number of nitrogens with zero attached hydrogens (tertiary/aromatic N) is 3. The van der Waals surface area contributed by atoms with E-state index >= 15 is 0 Å². The number of thiazole rings is 1. The predicted octanol–water partition coefficient (Wildman–Crippen LogP) is 3.35. The maximum absolute atomic E-state index is 12.4. The Bertz CT molecular complexity index is 881. The van der Waals surface area contributed by atoms with Crippen molar-refractivity contribution in [1.29, 1.82) is 5.26 Å². The molecule has 2 N–H and O–H groups in total. The fourth-order valence-corrected chi connectivity index (χ4v) is 3.89. The fraction of sp³-hybridized carbons (Fsp3) is 0.368. The van der Waals surface area contributed by atoms with Gasteiger partial charge in [-0.2, -0.15) is 5.26 Å². The van der Waals surface area contributed by atoms with Crippen LogP contribution in [0.3, 0.4) is 0 Å². The number of rotatable bonds is 6. The van der Waals surface area contributed by atoms with Gasteiger partial charge in [0.1, 0.15) is 6.07 Å². The molecule has 9 heteroatoms. The standard InChI is InChI=1S/C19H20ClN5O2S/c20-16-10-15(4-3-13(16)11-21)23-17(26)5-8-25-7-1-2-14(12-25)18(27)24-19-22-6-9-28-19/h3-4,6,9-10,14H,1-2,5,7-8,12H2,(H,23,26)(H,22,24,27). The number of hydrogen-bond donors (Lipinski definition) is 2. The van der Waals surface area contributed by atoms with Crippen LogP contribution in [-0.4, -0.2) is 41.3 Å². The topological polar surface area (TPSA) is 98.1 Å². The number of carbonyl (C=O) groups excluding carboxylic acids is 2. The number of aromatic nitrogens is 1. The Morgan fingerprint density at radius 3 is 2.96 bits per heavy atom. The van der Waals surface area contributed by atoms with Gasteiger partial charge in [0.25, 0.3) is 0 Å². The van der Waals surface area contributed by atoms with Crippen molar-refractivity contribution in [3.05, 3.63) is 40.4 Å². The smallest absolute Gasteiger partial charge is 0.230 e. The van der Waals surface area contributed by atoms with Gasteiger partial charge in [-0.25, -0.2) is 4.98 Å². The zero-order chi connectivity index (χ0) is 19.9. The molecule has 1 unspecified atom stereocenters. The van der Waals surface area contributed by atoms with Gasteiger partial charge in [0.05, 0.1) is 16.5 Å². The Morgan fingerprint density at radius 2 is 2.25 bits per heavy atom. The Kier molecular flexibility index (Phi) is 6.98. The molecule has 1 fully saturated rings. The molecule has 146 valence electrons. The van der Waals surface area contributed by atoms with E-state index in [4.69, 9.17) is 16.9 Å². The summed E-state index contributed by atoms with van der Waals surface area (Å²) in [6, 6.07) is 6.78. The molecule has 0 radical (unpaired) electrons. The monoisotopic (exact) mass is 417 g/mol. The molecule has 0 bridgehead atoms. The quantitative estimate of drug-likeness (QED) is 0.751. The molecule has 0 aliphatic carbocycles. The van der Waals surface area contributed by atoms with Crippen LogP contribution < -0.4 is 10.6 Å². The first-order chi connectivity index (χ1) is 13.5. The minimum absolute atomic E-state index is 0.0173. The molecule has 0 saturated carbocycles. The largest absolute Gasteiger partial charge is 0.326 e. The molecule has 3 rings (SSSR count). The summed E-state index contributed by atoms with van der Waals surface area (Å²) in [4.78, 5) is 30.8. The summed E-state index contributed by atoms with van der Waals surface area (Å²) >= 11 is 7.38. The van der Waals surface area contributed by atoms with Gasteiger partial charge < -0.3 is 15.5 Å². The third kappa shape index (κ3) is 5.52. The zero-order valence-corrected chi connectivity index (χ0v) is 16.7. The van der Waals surface area contributed by atoms with Crippen molar-refractivity contribution in [2.24, 2.45) is 5.92 Å². The molecule has 1 aromatic heterocycles. The Hall–Kier alpha value is -2.47. The lowest BCUT2D eigenvalue weighted by Gasteiger charge is -2.31. The highest BCUT2D eigenvalue weighted by Crippen LogP contribution is 2.21. The van der Waals surface area contributed by atoms with Gasteiger partial charge in [-0.15, -0.1) is 11.3 Å². The average Bonchev–Trinajstić information content (AvgIpc) is 3.20. The normalized spacial score (nSPS) is 16.9. The number of nitriles is 1. The maximum Gasteiger partial charge on any atom is 0.230 e. The molecular weight excluding hydrogens is 398 g/mol. The van der Waals surface area contributed by atoms with Crippen LogP contribution in [0.2, 0.25) is 5.02 Å². The van der Waals surface area contributed by atoms with Crippen molar-refractivity contribution in [3.8, 4) is 6.07 Å². The van der Waals surface area contributed by atoms with Gasteiger partial charge in [0.2, 0.25) is 11.8 Å². The molecule has 2 aromatic rings. The third-order valence-electron chi connectivity index (χ3n) is 4.57. The molecule has 1 aliphatic heterocycles. The number of benzene rings is 1. The highest BCUT2D eigenvalue weighted by molar-refractivity contribution is 7.13. The Morgan fingerprint density at radius 1 is 1.39 bits per heavy atom. The summed E-state index contributed by atoms with van der Waals surface area (Å²) in [6.07, 6.45) is 3.73. The van der Waals surface area contributed by atoms with Crippen LogP contribution in [0, 0.1) is 17.2 Å². The van der Waals surface area contributed by atoms with Gasteiger partial charge in [0, 0.05) is 36.8 Å². The van der Waals surface area contributed by atoms with E-state index in [2.05, 4.69) is 20.5 Å². The zero-order valence-electron chi connectivity index (χ0n) is 15.2. The molecule has 28 heavy (non-hydrogen) atoms. The summed E-state index contributed by atoms with van der Waals surface area (Å²) < 4.78 is 0. The van der Waals surface area contributed by atoms with Crippen molar-refractivity contribution in [3.63, 3.8) is 0 Å². The minimum atomic E-state index is -0.130. The lowest BCUT2D eigenvalue weighted by molar-refractivity contribution is -0.121. The number of amides is 2. The Labute approximate surface area is 172 Å². The van der Waals surface area contributed by atoms with Crippen LogP contribution in [0.15, 0.2) is 29.8 Å². The maximum atomic E-state index is 12.4. The van der Waals surface area contributed by atoms with Crippen LogP contribution in [-0.2, 0) is 9.59 Å². The van der Waals surface area contributed by atoms with E-state index < -0.39 is 0 Å². The summed E-state index contributed by atoms with van der Waals surface area (Å²) in [5.74, 6) is -0.246. The van der Waals surface area contributed by atoms with E-state index in [-0.39, 0.29) is 17.7 Å². The van der Waals surface area contributed by atoms with Gasteiger partial charge >= 0.3 is 0 Å². The van der Waals surface area contributed by atoms with E-state index in [0.29, 0.717) is 40.9 Å². The number of halogens is 1. The van der Waals surface area contributed by atoms with E-state index in [1.54, 1.807) is 24.4 Å². The first kappa shape index (κ1) is 20.3. The Balaban J connectivity index is 1.46. The van der Waals surface area contributed by atoms with Crippen LogP contribution in [0.25, 0.3) is 0 Å². The second-order valence-electron chi connectivity index (χ2n) is 6.57. The molecule has 2 heterocycles. The summed E-state index contributed by atoms with van der Waals surface area (Å²) in [6.45, 7) is 2.08. The number of carbonyl (C=O) groups is 2. The van der Waals surface area contributed by atoms with Crippen molar-refractivity contribution >= 4 is 45.6 Å². The molecule has 7 nitrogen and oxygen atoms in total. The number of hydrogen-bond acceptors (Lipinski definition) is 6. The number of likely N-dealkylation sites (tertiary alicyclic amines) is 1. The lowest BCUT2D eigenvalue weighted by Crippen LogP contribution is -2.41. The number of piperidine rings is 1. The molecule has 1 saturated heterocycles. The predicted molar refractivity (Wildman–Crippen MR) is 109 cm³/mol. The number of anilines is 2. The van der Waals surface area contributed by atoms with Crippen LogP contribution >= 0.6 is 22.9 Å². The van der Waals surface area contributed by atoms with E-state index in [0.717, 1.165) is 19.4 Å². The van der Waals surface area contributed by atoms with Gasteiger partial charge in [0.15, 0.2) is 5.13 Å². The van der Waals surface area contributed by atoms with E-state index in [1.165, 1.54) is 11.3 Å². The van der Waals surface area contributed by atoms with Gasteiger partial charge in [-0.05, 0) is 37.6 Å². The summed E-state index contributed by atoms with van der Waals surface area (Å²) in [5.41, 5.74) is 0.934. The van der Waals surface area contributed by atoms with Gasteiger partial charge in [-0.1, -0.05) is 11.6 Å². The molecule has 1 atom stereocenters.